The van der Waals surface area contributed by atoms with Crippen LogP contribution in [-0.4, -0.2) is 43.2 Å². The molecule has 0 saturated heterocycles. The van der Waals surface area contributed by atoms with E-state index in [4.69, 9.17) is 14.2 Å². The minimum Gasteiger partial charge on any atom is -0.466 e. The van der Waals surface area contributed by atoms with Crippen molar-refractivity contribution in [3.63, 3.8) is 0 Å². The molecule has 0 fully saturated rings. The van der Waals surface area contributed by atoms with Gasteiger partial charge in [-0.15, -0.1) is 0 Å². The number of rotatable bonds is 7. The second-order valence-corrected chi connectivity index (χ2v) is 6.33. The summed E-state index contributed by atoms with van der Waals surface area (Å²) >= 11 is 0. The number of nitro benzene ring substituents is 1. The third-order valence-corrected chi connectivity index (χ3v) is 4.38. The molecule has 2 rings (SSSR count). The highest BCUT2D eigenvalue weighted by Gasteiger charge is 2.39. The normalized spacial score (nSPS) is 15.9. The van der Waals surface area contributed by atoms with E-state index in [9.17, 15) is 24.5 Å². The van der Waals surface area contributed by atoms with E-state index >= 15 is 0 Å². The van der Waals surface area contributed by atoms with Crippen LogP contribution in [0.3, 0.4) is 0 Å². The fourth-order valence-electron chi connectivity index (χ4n) is 3.17. The molecule has 10 heteroatoms. The zero-order valence-electron chi connectivity index (χ0n) is 17.0. The predicted octanol–water partition coefficient (Wildman–Crippen LogP) is 2.11. The molecule has 0 radical (unpaired) electrons. The van der Waals surface area contributed by atoms with E-state index in [1.165, 1.54) is 32.2 Å². The largest absolute Gasteiger partial charge is 0.466 e. The number of nitrogens with one attached hydrogen (secondary N) is 1. The van der Waals surface area contributed by atoms with E-state index in [1.807, 2.05) is 0 Å². The van der Waals surface area contributed by atoms with E-state index in [2.05, 4.69) is 5.32 Å². The van der Waals surface area contributed by atoms with Gasteiger partial charge in [-0.25, -0.2) is 9.59 Å². The van der Waals surface area contributed by atoms with Gasteiger partial charge >= 0.3 is 17.9 Å². The van der Waals surface area contributed by atoms with E-state index in [-0.39, 0.29) is 35.7 Å². The number of dihydropyridines is 1. The molecule has 1 heterocycles. The number of allylic oxidation sites excluding steroid dienone is 1. The summed E-state index contributed by atoms with van der Waals surface area (Å²) in [4.78, 5) is 47.4. The maximum Gasteiger partial charge on any atom is 0.336 e. The Morgan fingerprint density at radius 2 is 1.87 bits per heavy atom. The maximum absolute atomic E-state index is 12.8. The number of hydrogen-bond donors (Lipinski definition) is 1. The molecular weight excluding hydrogens is 396 g/mol. The van der Waals surface area contributed by atoms with Crippen LogP contribution >= 0.6 is 0 Å². The second kappa shape index (κ2) is 9.68. The van der Waals surface area contributed by atoms with Gasteiger partial charge in [0.15, 0.2) is 0 Å². The first-order valence-electron chi connectivity index (χ1n) is 9.05. The number of carbonyl (C=O) groups excluding carboxylic acids is 3. The van der Waals surface area contributed by atoms with E-state index in [0.29, 0.717) is 11.3 Å². The van der Waals surface area contributed by atoms with Gasteiger partial charge in [-0.3, -0.25) is 14.9 Å². The molecule has 1 N–H and O–H groups in total. The molecule has 1 unspecified atom stereocenters. The van der Waals surface area contributed by atoms with Gasteiger partial charge in [0, 0.05) is 24.8 Å². The Morgan fingerprint density at radius 1 is 1.17 bits per heavy atom. The van der Waals surface area contributed by atoms with E-state index < -0.39 is 28.7 Å². The minimum atomic E-state index is -1.02. The zero-order valence-corrected chi connectivity index (χ0v) is 17.0. The summed E-state index contributed by atoms with van der Waals surface area (Å²) in [5.74, 6) is -3.06. The molecule has 0 amide bonds. The van der Waals surface area contributed by atoms with Gasteiger partial charge in [-0.05, 0) is 19.4 Å². The molecule has 1 aromatic carbocycles. The highest BCUT2D eigenvalue weighted by molar-refractivity contribution is 6.00. The number of benzene rings is 1. The Labute approximate surface area is 172 Å². The molecular formula is C20H22N2O8. The maximum atomic E-state index is 12.8. The van der Waals surface area contributed by atoms with Crippen LogP contribution in [-0.2, 0) is 28.6 Å². The van der Waals surface area contributed by atoms with Crippen molar-refractivity contribution >= 4 is 23.6 Å². The number of carbonyl (C=O) groups is 3. The van der Waals surface area contributed by atoms with Crippen LogP contribution in [0.15, 0.2) is 46.8 Å². The van der Waals surface area contributed by atoms with Crippen LogP contribution < -0.4 is 5.32 Å². The molecule has 10 nitrogen and oxygen atoms in total. The Kier molecular flexibility index (Phi) is 7.29. The van der Waals surface area contributed by atoms with Crippen LogP contribution in [0, 0.1) is 10.1 Å². The summed E-state index contributed by atoms with van der Waals surface area (Å²) in [5, 5.41) is 14.2. The molecule has 1 aliphatic rings. The molecule has 30 heavy (non-hydrogen) atoms. The molecule has 1 aromatic rings. The lowest BCUT2D eigenvalue weighted by Crippen LogP contribution is -2.35. The number of non-ortho nitro benzene ring substituents is 1. The van der Waals surface area contributed by atoms with Gasteiger partial charge in [0.2, 0.25) is 0 Å². The summed E-state index contributed by atoms with van der Waals surface area (Å²) in [7, 11) is 1.19. The van der Waals surface area contributed by atoms with Crippen molar-refractivity contribution in [2.75, 3.05) is 20.3 Å². The van der Waals surface area contributed by atoms with Crippen LogP contribution in [0.1, 0.15) is 32.3 Å². The molecule has 0 aliphatic carbocycles. The van der Waals surface area contributed by atoms with Crippen molar-refractivity contribution in [3.05, 3.63) is 62.5 Å². The van der Waals surface area contributed by atoms with Crippen LogP contribution in [0.4, 0.5) is 5.69 Å². The first-order chi connectivity index (χ1) is 14.2. The average molecular weight is 418 g/mol. The SMILES string of the molecule is CCOC(=O)C1=C(COC(C)=O)NC(C)=C(C(=O)OC)C1c1cccc([N+](=O)[O-])c1. The lowest BCUT2D eigenvalue weighted by atomic mass is 9.80. The number of methoxy groups -OCH3 is 1. The van der Waals surface area contributed by atoms with Crippen molar-refractivity contribution < 1.29 is 33.5 Å². The summed E-state index contributed by atoms with van der Waals surface area (Å²) in [6.07, 6.45) is 0. The van der Waals surface area contributed by atoms with Crippen molar-refractivity contribution in [1.29, 1.82) is 0 Å². The summed E-state index contributed by atoms with van der Waals surface area (Å²) in [6.45, 7) is 4.20. The number of esters is 3. The molecule has 0 bridgehead atoms. The summed E-state index contributed by atoms with van der Waals surface area (Å²) < 4.78 is 15.1. The highest BCUT2D eigenvalue weighted by atomic mass is 16.6. The molecule has 0 aromatic heterocycles. The lowest BCUT2D eigenvalue weighted by molar-refractivity contribution is -0.384. The topological polar surface area (TPSA) is 134 Å². The molecule has 0 saturated carbocycles. The van der Waals surface area contributed by atoms with Crippen molar-refractivity contribution in [1.82, 2.24) is 5.32 Å². The highest BCUT2D eigenvalue weighted by Crippen LogP contribution is 2.40. The fraction of sp³-hybridized carbons (Fsp3) is 0.350. The standard InChI is InChI=1S/C20H22N2O8/c1-5-29-20(25)18-15(10-30-12(3)23)21-11(2)16(19(24)28-4)17(18)13-7-6-8-14(9-13)22(26)27/h6-9,17,21H,5,10H2,1-4H3. The molecule has 1 aliphatic heterocycles. The van der Waals surface area contributed by atoms with Crippen LogP contribution in [0.5, 0.6) is 0 Å². The Hall–Kier alpha value is -3.69. The number of nitrogens with zero attached hydrogens (tertiary/aromatic N) is 1. The fourth-order valence-corrected chi connectivity index (χ4v) is 3.17. The molecule has 1 atom stereocenters. The lowest BCUT2D eigenvalue weighted by Gasteiger charge is -2.31. The molecule has 160 valence electrons. The smallest absolute Gasteiger partial charge is 0.336 e. The Morgan fingerprint density at radius 3 is 2.43 bits per heavy atom. The predicted molar refractivity (Wildman–Crippen MR) is 104 cm³/mol. The van der Waals surface area contributed by atoms with Crippen molar-refractivity contribution in [2.45, 2.75) is 26.7 Å². The van der Waals surface area contributed by atoms with Crippen LogP contribution in [0.25, 0.3) is 0 Å². The summed E-state index contributed by atoms with van der Waals surface area (Å²) in [5.41, 5.74) is 0.766. The monoisotopic (exact) mass is 418 g/mol. The van der Waals surface area contributed by atoms with Crippen molar-refractivity contribution in [3.8, 4) is 0 Å². The van der Waals surface area contributed by atoms with Gasteiger partial charge < -0.3 is 19.5 Å². The van der Waals surface area contributed by atoms with Gasteiger partial charge in [0.05, 0.1) is 41.4 Å². The Balaban J connectivity index is 2.75. The summed E-state index contributed by atoms with van der Waals surface area (Å²) in [6, 6.07) is 5.58. The van der Waals surface area contributed by atoms with Crippen molar-refractivity contribution in [2.24, 2.45) is 0 Å². The van der Waals surface area contributed by atoms with E-state index in [0.717, 1.165) is 0 Å². The van der Waals surface area contributed by atoms with E-state index in [1.54, 1.807) is 19.9 Å². The molecule has 0 spiro atoms. The number of hydrogen-bond acceptors (Lipinski definition) is 9. The first kappa shape index (κ1) is 22.6. The quantitative estimate of drug-likeness (QED) is 0.306. The van der Waals surface area contributed by atoms with Gasteiger partial charge in [0.1, 0.15) is 6.61 Å². The third-order valence-electron chi connectivity index (χ3n) is 4.38. The number of nitro groups is 1. The first-order valence-corrected chi connectivity index (χ1v) is 9.05. The van der Waals surface area contributed by atoms with Gasteiger partial charge in [0.25, 0.3) is 5.69 Å². The Bertz CT molecular complexity index is 948. The average Bonchev–Trinajstić information content (AvgIpc) is 2.71. The zero-order chi connectivity index (χ0) is 22.4. The van der Waals surface area contributed by atoms with Gasteiger partial charge in [-0.2, -0.15) is 0 Å². The third kappa shape index (κ3) is 4.83. The van der Waals surface area contributed by atoms with Gasteiger partial charge in [-0.1, -0.05) is 12.1 Å². The second-order valence-electron chi connectivity index (χ2n) is 6.33. The van der Waals surface area contributed by atoms with Crippen LogP contribution in [0.2, 0.25) is 0 Å². The number of ether oxygens (including phenoxy) is 3. The minimum absolute atomic E-state index is 0.00426.